The smallest absolute Gasteiger partial charge is 0.270 e. The summed E-state index contributed by atoms with van der Waals surface area (Å²) in [6.45, 7) is 0.407. The summed E-state index contributed by atoms with van der Waals surface area (Å²) in [5.74, 6) is 0.638. The Bertz CT molecular complexity index is 1020. The molecule has 0 aliphatic rings. The maximum atomic E-state index is 11.0. The van der Waals surface area contributed by atoms with E-state index < -0.39 is 4.92 Å². The van der Waals surface area contributed by atoms with E-state index in [2.05, 4.69) is 6.07 Å². The van der Waals surface area contributed by atoms with Gasteiger partial charge < -0.3 is 4.74 Å². The predicted octanol–water partition coefficient (Wildman–Crippen LogP) is 5.24. The highest BCUT2D eigenvalue weighted by Crippen LogP contribution is 2.26. The minimum absolute atomic E-state index is 0.0535. The van der Waals surface area contributed by atoms with Crippen molar-refractivity contribution in [1.29, 1.82) is 5.26 Å². The number of hydrogen-bond donors (Lipinski definition) is 0. The Morgan fingerprint density at radius 2 is 1.78 bits per heavy atom. The fraction of sp³-hybridized carbons (Fsp3) is 0.0455. The van der Waals surface area contributed by atoms with Gasteiger partial charge in [0.25, 0.3) is 5.69 Å². The Kier molecular flexibility index (Phi) is 5.60. The minimum Gasteiger partial charge on any atom is -0.488 e. The van der Waals surface area contributed by atoms with Gasteiger partial charge in [0.15, 0.2) is 0 Å². The number of nitro benzene ring substituents is 1. The van der Waals surface area contributed by atoms with Gasteiger partial charge in [-0.25, -0.2) is 0 Å². The summed E-state index contributed by atoms with van der Waals surface area (Å²) >= 11 is 0. The zero-order valence-corrected chi connectivity index (χ0v) is 14.4. The van der Waals surface area contributed by atoms with E-state index in [1.54, 1.807) is 18.2 Å². The van der Waals surface area contributed by atoms with Gasteiger partial charge in [-0.3, -0.25) is 10.1 Å². The first-order valence-electron chi connectivity index (χ1n) is 8.30. The van der Waals surface area contributed by atoms with Gasteiger partial charge in [-0.15, -0.1) is 0 Å². The average Bonchev–Trinajstić information content (AvgIpc) is 2.72. The number of nitro groups is 1. The van der Waals surface area contributed by atoms with Crippen LogP contribution in [0.2, 0.25) is 0 Å². The highest BCUT2D eigenvalue weighted by Gasteiger charge is 2.10. The van der Waals surface area contributed by atoms with Crippen LogP contribution in [-0.4, -0.2) is 4.92 Å². The van der Waals surface area contributed by atoms with Crippen LogP contribution in [0.15, 0.2) is 78.9 Å². The Morgan fingerprint density at radius 1 is 1.04 bits per heavy atom. The van der Waals surface area contributed by atoms with Crippen LogP contribution in [-0.2, 0) is 6.61 Å². The molecule has 0 atom stereocenters. The number of hydrogen-bond acceptors (Lipinski definition) is 4. The fourth-order valence-corrected chi connectivity index (χ4v) is 2.59. The van der Waals surface area contributed by atoms with E-state index in [4.69, 9.17) is 4.74 Å². The molecule has 0 saturated carbocycles. The van der Waals surface area contributed by atoms with E-state index in [9.17, 15) is 15.4 Å². The van der Waals surface area contributed by atoms with Gasteiger partial charge in [0.2, 0.25) is 0 Å². The summed E-state index contributed by atoms with van der Waals surface area (Å²) in [7, 11) is 0. The van der Waals surface area contributed by atoms with Crippen molar-refractivity contribution < 1.29 is 9.66 Å². The third-order valence-corrected chi connectivity index (χ3v) is 3.94. The van der Waals surface area contributed by atoms with Crippen LogP contribution < -0.4 is 4.74 Å². The van der Waals surface area contributed by atoms with E-state index in [1.807, 2.05) is 54.6 Å². The van der Waals surface area contributed by atoms with Crippen LogP contribution in [0.5, 0.6) is 5.75 Å². The molecule has 0 unspecified atom stereocenters. The topological polar surface area (TPSA) is 76.2 Å². The molecule has 0 saturated heterocycles. The summed E-state index contributed by atoms with van der Waals surface area (Å²) in [6, 6.07) is 25.3. The Hall–Kier alpha value is -3.91. The molecule has 0 aliphatic carbocycles. The zero-order chi connectivity index (χ0) is 19.1. The summed E-state index contributed by atoms with van der Waals surface area (Å²) in [5.41, 5.74) is 2.54. The van der Waals surface area contributed by atoms with E-state index in [1.165, 1.54) is 12.1 Å². The van der Waals surface area contributed by atoms with Crippen molar-refractivity contribution in [2.24, 2.45) is 0 Å². The summed E-state index contributed by atoms with van der Waals surface area (Å²) in [6.07, 6.45) is 1.68. The molecule has 0 N–H and O–H groups in total. The molecule has 3 rings (SSSR count). The summed E-state index contributed by atoms with van der Waals surface area (Å²) in [4.78, 5) is 10.5. The molecule has 0 spiro atoms. The number of nitriles is 1. The zero-order valence-electron chi connectivity index (χ0n) is 14.4. The van der Waals surface area contributed by atoms with Gasteiger partial charge in [-0.05, 0) is 23.3 Å². The van der Waals surface area contributed by atoms with Crippen LogP contribution in [0, 0.1) is 21.4 Å². The van der Waals surface area contributed by atoms with Crippen molar-refractivity contribution in [2.75, 3.05) is 0 Å². The lowest BCUT2D eigenvalue weighted by molar-refractivity contribution is -0.384. The van der Waals surface area contributed by atoms with E-state index in [0.29, 0.717) is 23.5 Å². The Labute approximate surface area is 156 Å². The minimum atomic E-state index is -0.477. The molecule has 132 valence electrons. The lowest BCUT2D eigenvalue weighted by Gasteiger charge is -2.10. The highest BCUT2D eigenvalue weighted by molar-refractivity contribution is 5.91. The second-order valence-electron chi connectivity index (χ2n) is 5.79. The van der Waals surface area contributed by atoms with Crippen molar-refractivity contribution in [1.82, 2.24) is 0 Å². The first kappa shape index (κ1) is 17.9. The van der Waals surface area contributed by atoms with Crippen molar-refractivity contribution in [3.05, 3.63) is 106 Å². The van der Waals surface area contributed by atoms with Crippen LogP contribution >= 0.6 is 0 Å². The molecule has 5 heteroatoms. The summed E-state index contributed by atoms with van der Waals surface area (Å²) < 4.78 is 5.90. The lowest BCUT2D eigenvalue weighted by Crippen LogP contribution is -1.97. The van der Waals surface area contributed by atoms with Crippen LogP contribution in [0.25, 0.3) is 11.6 Å². The molecular weight excluding hydrogens is 340 g/mol. The van der Waals surface area contributed by atoms with Gasteiger partial charge in [0.1, 0.15) is 12.4 Å². The highest BCUT2D eigenvalue weighted by atomic mass is 16.6. The van der Waals surface area contributed by atoms with Gasteiger partial charge in [0.05, 0.1) is 16.6 Å². The van der Waals surface area contributed by atoms with E-state index in [-0.39, 0.29) is 5.69 Å². The first-order chi connectivity index (χ1) is 13.2. The second-order valence-corrected chi connectivity index (χ2v) is 5.79. The van der Waals surface area contributed by atoms with Gasteiger partial charge in [0, 0.05) is 17.7 Å². The number of benzene rings is 3. The van der Waals surface area contributed by atoms with Crippen molar-refractivity contribution in [3.8, 4) is 11.8 Å². The number of nitrogens with zero attached hydrogens (tertiary/aromatic N) is 2. The number of allylic oxidation sites excluding steroid dienone is 1. The summed E-state index contributed by atoms with van der Waals surface area (Å²) in [5, 5.41) is 20.5. The molecule has 27 heavy (non-hydrogen) atoms. The number of non-ortho nitro benzene ring substituents is 1. The van der Waals surface area contributed by atoms with Crippen LogP contribution in [0.1, 0.15) is 16.7 Å². The maximum Gasteiger partial charge on any atom is 0.270 e. The number of para-hydroxylation sites is 1. The van der Waals surface area contributed by atoms with Crippen molar-refractivity contribution in [3.63, 3.8) is 0 Å². The second kappa shape index (κ2) is 8.45. The van der Waals surface area contributed by atoms with Crippen LogP contribution in [0.4, 0.5) is 5.69 Å². The van der Waals surface area contributed by atoms with E-state index in [0.717, 1.165) is 11.1 Å². The third-order valence-electron chi connectivity index (χ3n) is 3.94. The first-order valence-corrected chi connectivity index (χ1v) is 8.30. The van der Waals surface area contributed by atoms with Crippen LogP contribution in [0.3, 0.4) is 0 Å². The molecule has 0 radical (unpaired) electrons. The lowest BCUT2D eigenvalue weighted by atomic mass is 10.0. The largest absolute Gasteiger partial charge is 0.488 e. The predicted molar refractivity (Wildman–Crippen MR) is 104 cm³/mol. The van der Waals surface area contributed by atoms with Crippen molar-refractivity contribution >= 4 is 17.3 Å². The average molecular weight is 356 g/mol. The molecule has 5 nitrogen and oxygen atoms in total. The van der Waals surface area contributed by atoms with Gasteiger partial charge >= 0.3 is 0 Å². The maximum absolute atomic E-state index is 11.0. The Balaban J connectivity index is 1.90. The molecule has 0 aliphatic heterocycles. The molecule has 3 aromatic carbocycles. The fourth-order valence-electron chi connectivity index (χ4n) is 2.59. The molecule has 0 fully saturated rings. The molecular formula is C22H16N2O3. The SMILES string of the molecule is N#C/C(=C/c1ccccc1OCc1ccccc1)c1cccc([N+](=O)[O-])c1. The van der Waals surface area contributed by atoms with Gasteiger partial charge in [-0.1, -0.05) is 60.7 Å². The molecule has 0 amide bonds. The normalized spacial score (nSPS) is 10.9. The quantitative estimate of drug-likeness (QED) is 0.262. The Morgan fingerprint density at radius 3 is 2.52 bits per heavy atom. The third kappa shape index (κ3) is 4.59. The molecule has 0 aromatic heterocycles. The monoisotopic (exact) mass is 356 g/mol. The molecule has 0 heterocycles. The number of rotatable bonds is 6. The number of ether oxygens (including phenoxy) is 1. The molecule has 3 aromatic rings. The van der Waals surface area contributed by atoms with Gasteiger partial charge in [-0.2, -0.15) is 5.26 Å². The molecule has 0 bridgehead atoms. The van der Waals surface area contributed by atoms with Crippen molar-refractivity contribution in [2.45, 2.75) is 6.61 Å². The van der Waals surface area contributed by atoms with E-state index >= 15 is 0 Å². The standard InChI is InChI=1S/C22H16N2O3/c23-15-20(18-10-6-11-21(14-18)24(25)26)13-19-9-4-5-12-22(19)27-16-17-7-2-1-3-8-17/h1-14H,16H2/b20-13-.